The fraction of sp³-hybridized carbons (Fsp3) is 0.625. The summed E-state index contributed by atoms with van der Waals surface area (Å²) in [6, 6.07) is 9.50. The highest BCUT2D eigenvalue weighted by atomic mass is 16.5. The molecule has 1 heterocycles. The van der Waals surface area contributed by atoms with Crippen LogP contribution < -0.4 is 5.32 Å². The lowest BCUT2D eigenvalue weighted by molar-refractivity contribution is 0.0335. The van der Waals surface area contributed by atoms with E-state index in [1.54, 1.807) is 11.1 Å². The molecule has 3 atom stereocenters. The van der Waals surface area contributed by atoms with Crippen LogP contribution >= 0.6 is 0 Å². The molecule has 0 aromatic heterocycles. The summed E-state index contributed by atoms with van der Waals surface area (Å²) in [7, 11) is 0. The van der Waals surface area contributed by atoms with E-state index in [9.17, 15) is 0 Å². The van der Waals surface area contributed by atoms with E-state index >= 15 is 0 Å². The highest BCUT2D eigenvalue weighted by Crippen LogP contribution is 2.40. The van der Waals surface area contributed by atoms with Crippen LogP contribution in [0.25, 0.3) is 0 Å². The second-order valence-electron chi connectivity index (χ2n) is 5.57. The molecule has 1 N–H and O–H groups in total. The Hall–Kier alpha value is -0.860. The van der Waals surface area contributed by atoms with Crippen molar-refractivity contribution in [1.29, 1.82) is 0 Å². The summed E-state index contributed by atoms with van der Waals surface area (Å²) in [6.07, 6.45) is 3.78. The van der Waals surface area contributed by atoms with Crippen molar-refractivity contribution in [2.75, 3.05) is 19.8 Å². The number of nitrogens with one attached hydrogen (secondary N) is 1. The van der Waals surface area contributed by atoms with Gasteiger partial charge in [0.05, 0.1) is 6.61 Å². The van der Waals surface area contributed by atoms with Crippen LogP contribution in [0.15, 0.2) is 24.3 Å². The van der Waals surface area contributed by atoms with Crippen LogP contribution in [0.1, 0.15) is 36.8 Å². The smallest absolute Gasteiger partial charge is 0.0509 e. The number of likely N-dealkylation sites (N-methyl/N-ethyl adjacent to an activating group) is 1. The molecule has 1 saturated heterocycles. The lowest BCUT2D eigenvalue weighted by Crippen LogP contribution is -2.47. The van der Waals surface area contributed by atoms with Gasteiger partial charge in [-0.15, -0.1) is 0 Å². The van der Waals surface area contributed by atoms with Crippen LogP contribution in [0, 0.1) is 5.92 Å². The topological polar surface area (TPSA) is 21.3 Å². The van der Waals surface area contributed by atoms with Gasteiger partial charge in [0.2, 0.25) is 0 Å². The fourth-order valence-corrected chi connectivity index (χ4v) is 3.54. The number of ether oxygens (including phenoxy) is 1. The summed E-state index contributed by atoms with van der Waals surface area (Å²) in [5, 5.41) is 3.72. The first-order valence-electron chi connectivity index (χ1n) is 7.29. The molecule has 1 aliphatic heterocycles. The quantitative estimate of drug-likeness (QED) is 0.880. The van der Waals surface area contributed by atoms with Crippen molar-refractivity contribution in [3.63, 3.8) is 0 Å². The zero-order valence-electron chi connectivity index (χ0n) is 11.2. The lowest BCUT2D eigenvalue weighted by Gasteiger charge is -2.42. The van der Waals surface area contributed by atoms with Crippen LogP contribution in [0.4, 0.5) is 0 Å². The maximum absolute atomic E-state index is 5.68. The first-order valence-corrected chi connectivity index (χ1v) is 7.29. The summed E-state index contributed by atoms with van der Waals surface area (Å²) in [5.41, 5.74) is 3.11. The van der Waals surface area contributed by atoms with E-state index in [-0.39, 0.29) is 0 Å². The van der Waals surface area contributed by atoms with Crippen LogP contribution in [-0.2, 0) is 11.2 Å². The molecule has 2 nitrogen and oxygen atoms in total. The minimum absolute atomic E-state index is 0.602. The molecule has 0 saturated carbocycles. The third-order valence-electron chi connectivity index (χ3n) is 4.47. The molecule has 98 valence electrons. The van der Waals surface area contributed by atoms with Gasteiger partial charge in [-0.3, -0.25) is 0 Å². The van der Waals surface area contributed by atoms with Crippen molar-refractivity contribution >= 4 is 0 Å². The van der Waals surface area contributed by atoms with Crippen molar-refractivity contribution in [3.05, 3.63) is 35.4 Å². The van der Waals surface area contributed by atoms with Crippen LogP contribution in [-0.4, -0.2) is 25.8 Å². The third kappa shape index (κ3) is 2.19. The monoisotopic (exact) mass is 245 g/mol. The molecular weight excluding hydrogens is 222 g/mol. The van der Waals surface area contributed by atoms with Gasteiger partial charge < -0.3 is 10.1 Å². The Kier molecular flexibility index (Phi) is 3.67. The largest absolute Gasteiger partial charge is 0.381 e. The molecule has 0 spiro atoms. The van der Waals surface area contributed by atoms with E-state index < -0.39 is 0 Å². The molecule has 2 heteroatoms. The predicted molar refractivity (Wildman–Crippen MR) is 73.9 cm³/mol. The van der Waals surface area contributed by atoms with Gasteiger partial charge in [-0.05, 0) is 42.9 Å². The molecule has 1 aromatic rings. The van der Waals surface area contributed by atoms with Crippen LogP contribution in [0.3, 0.4) is 0 Å². The number of rotatable bonds is 4. The molecular formula is C16H23NO. The minimum atomic E-state index is 0.602. The molecule has 1 fully saturated rings. The lowest BCUT2D eigenvalue weighted by atomic mass is 9.69. The van der Waals surface area contributed by atoms with Crippen LogP contribution in [0.5, 0.6) is 0 Å². The Morgan fingerprint density at radius 3 is 3.00 bits per heavy atom. The predicted octanol–water partition coefficient (Wildman–Crippen LogP) is 2.73. The van der Waals surface area contributed by atoms with Crippen molar-refractivity contribution in [1.82, 2.24) is 5.32 Å². The molecule has 0 radical (unpaired) electrons. The van der Waals surface area contributed by atoms with Gasteiger partial charge in [-0.25, -0.2) is 0 Å². The van der Waals surface area contributed by atoms with Gasteiger partial charge in [0, 0.05) is 18.6 Å². The Bertz CT molecular complexity index is 398. The van der Waals surface area contributed by atoms with Gasteiger partial charge >= 0.3 is 0 Å². The van der Waals surface area contributed by atoms with Gasteiger partial charge in [-0.1, -0.05) is 31.2 Å². The summed E-state index contributed by atoms with van der Waals surface area (Å²) >= 11 is 0. The van der Waals surface area contributed by atoms with Crippen molar-refractivity contribution in [2.24, 2.45) is 5.92 Å². The maximum Gasteiger partial charge on any atom is 0.0509 e. The Labute approximate surface area is 110 Å². The van der Waals surface area contributed by atoms with E-state index in [1.165, 1.54) is 19.3 Å². The third-order valence-corrected chi connectivity index (χ3v) is 4.47. The molecule has 1 aliphatic carbocycles. The maximum atomic E-state index is 5.68. The highest BCUT2D eigenvalue weighted by molar-refractivity contribution is 5.41. The minimum Gasteiger partial charge on any atom is -0.381 e. The Balaban J connectivity index is 1.75. The molecule has 1 aromatic carbocycles. The Morgan fingerprint density at radius 2 is 2.28 bits per heavy atom. The van der Waals surface area contributed by atoms with E-state index in [1.807, 2.05) is 0 Å². The van der Waals surface area contributed by atoms with Gasteiger partial charge in [0.1, 0.15) is 0 Å². The number of hydrogen-bond acceptors (Lipinski definition) is 2. The molecule has 2 aliphatic rings. The molecule has 18 heavy (non-hydrogen) atoms. The first-order chi connectivity index (χ1) is 8.90. The number of hydrogen-bond donors (Lipinski definition) is 1. The SMILES string of the molecule is CCNC(C1CCCOC1)C1Cc2ccccc21. The van der Waals surface area contributed by atoms with Crippen molar-refractivity contribution in [3.8, 4) is 0 Å². The average Bonchev–Trinajstić information content (AvgIpc) is 2.40. The zero-order chi connectivity index (χ0) is 12.4. The summed E-state index contributed by atoms with van der Waals surface area (Å²) in [6.45, 7) is 5.16. The van der Waals surface area contributed by atoms with Gasteiger partial charge in [0.25, 0.3) is 0 Å². The standard InChI is InChI=1S/C16H23NO/c1-2-17-16(13-7-5-9-18-11-13)15-10-12-6-3-4-8-14(12)15/h3-4,6,8,13,15-17H,2,5,7,9-11H2,1H3. The molecule has 0 amide bonds. The Morgan fingerprint density at radius 1 is 1.39 bits per heavy atom. The van der Waals surface area contributed by atoms with E-state index in [0.29, 0.717) is 17.9 Å². The van der Waals surface area contributed by atoms with E-state index in [2.05, 4.69) is 36.5 Å². The fourth-order valence-electron chi connectivity index (χ4n) is 3.54. The van der Waals surface area contributed by atoms with E-state index in [4.69, 9.17) is 4.74 Å². The molecule has 3 rings (SSSR count). The average molecular weight is 245 g/mol. The van der Waals surface area contributed by atoms with Crippen LogP contribution in [0.2, 0.25) is 0 Å². The second-order valence-corrected chi connectivity index (χ2v) is 5.57. The highest BCUT2D eigenvalue weighted by Gasteiger charge is 2.37. The van der Waals surface area contributed by atoms with Crippen molar-refractivity contribution < 1.29 is 4.74 Å². The second kappa shape index (κ2) is 5.41. The molecule has 3 unspecified atom stereocenters. The van der Waals surface area contributed by atoms with Crippen molar-refractivity contribution in [2.45, 2.75) is 38.1 Å². The van der Waals surface area contributed by atoms with Gasteiger partial charge in [-0.2, -0.15) is 0 Å². The summed E-state index contributed by atoms with van der Waals surface area (Å²) in [4.78, 5) is 0. The first kappa shape index (κ1) is 12.2. The summed E-state index contributed by atoms with van der Waals surface area (Å²) < 4.78 is 5.68. The van der Waals surface area contributed by atoms with Gasteiger partial charge in [0.15, 0.2) is 0 Å². The number of benzene rings is 1. The molecule has 0 bridgehead atoms. The van der Waals surface area contributed by atoms with E-state index in [0.717, 1.165) is 19.8 Å². The number of fused-ring (bicyclic) bond motifs is 1. The zero-order valence-corrected chi connectivity index (χ0v) is 11.2. The summed E-state index contributed by atoms with van der Waals surface area (Å²) in [5.74, 6) is 1.39. The normalized spacial score (nSPS) is 28.3.